The number of likely N-dealkylation sites (N-methyl/N-ethyl adjacent to an activating group) is 1. The molecule has 1 unspecified atom stereocenters. The summed E-state index contributed by atoms with van der Waals surface area (Å²) in [6.45, 7) is 0.868. The number of aromatic nitrogens is 2. The van der Waals surface area contributed by atoms with Crippen molar-refractivity contribution in [2.24, 2.45) is 0 Å². The van der Waals surface area contributed by atoms with Gasteiger partial charge in [-0.25, -0.2) is 4.39 Å². The first-order valence-electron chi connectivity index (χ1n) is 12.1. The summed E-state index contributed by atoms with van der Waals surface area (Å²) in [7, 11) is 3.08. The summed E-state index contributed by atoms with van der Waals surface area (Å²) in [6.07, 6.45) is 5.20. The first kappa shape index (κ1) is 25.5. The Morgan fingerprint density at radius 1 is 1.22 bits per heavy atom. The Bertz CT molecular complexity index is 1150. The van der Waals surface area contributed by atoms with Crippen LogP contribution in [-0.2, 0) is 17.9 Å². The van der Waals surface area contributed by atoms with Gasteiger partial charge in [0, 0.05) is 37.3 Å². The van der Waals surface area contributed by atoms with Crippen molar-refractivity contribution in [2.75, 3.05) is 21.0 Å². The van der Waals surface area contributed by atoms with E-state index >= 15 is 0 Å². The number of hydrogen-bond acceptors (Lipinski definition) is 6. The number of amides is 3. The minimum Gasteiger partial charge on any atom is -0.497 e. The summed E-state index contributed by atoms with van der Waals surface area (Å²) >= 11 is 0. The van der Waals surface area contributed by atoms with Crippen molar-refractivity contribution in [3.8, 4) is 11.5 Å². The molecule has 4 rings (SSSR count). The molecule has 3 amide bonds. The van der Waals surface area contributed by atoms with E-state index < -0.39 is 18.3 Å². The first-order valence-corrected chi connectivity index (χ1v) is 12.1. The van der Waals surface area contributed by atoms with E-state index in [2.05, 4.69) is 15.7 Å². The van der Waals surface area contributed by atoms with Gasteiger partial charge in [0.1, 0.15) is 22.7 Å². The topological polar surface area (TPSA) is 115 Å². The lowest BCUT2D eigenvalue weighted by atomic mass is 9.92. The Balaban J connectivity index is 1.47. The number of alkyl halides is 1. The molecule has 1 aromatic heterocycles. The summed E-state index contributed by atoms with van der Waals surface area (Å²) in [4.78, 5) is 40.6. The van der Waals surface area contributed by atoms with Crippen LogP contribution in [0.25, 0.3) is 0 Å². The molecular formula is C25H32FN5O5. The van der Waals surface area contributed by atoms with Crippen LogP contribution in [0.15, 0.2) is 24.3 Å². The van der Waals surface area contributed by atoms with Crippen molar-refractivity contribution < 1.29 is 28.2 Å². The number of carbonyl (C=O) groups excluding carboxylic acids is 3. The third-order valence-corrected chi connectivity index (χ3v) is 7.09. The lowest BCUT2D eigenvalue weighted by molar-refractivity contribution is -0.133. The molecule has 0 spiro atoms. The molecule has 0 saturated heterocycles. The molecule has 1 aliphatic carbocycles. The molecule has 1 fully saturated rings. The molecule has 10 nitrogen and oxygen atoms in total. The first-order chi connectivity index (χ1) is 17.3. The third-order valence-electron chi connectivity index (χ3n) is 7.09. The van der Waals surface area contributed by atoms with Gasteiger partial charge >= 0.3 is 0 Å². The molecule has 1 atom stereocenters. The van der Waals surface area contributed by atoms with Crippen molar-refractivity contribution in [1.82, 2.24) is 25.3 Å². The van der Waals surface area contributed by atoms with Gasteiger partial charge in [0.2, 0.25) is 12.8 Å². The Labute approximate surface area is 209 Å². The molecule has 0 bridgehead atoms. The van der Waals surface area contributed by atoms with Gasteiger partial charge in [-0.1, -0.05) is 19.3 Å². The number of halogens is 1. The fourth-order valence-corrected chi connectivity index (χ4v) is 4.69. The highest BCUT2D eigenvalue weighted by Gasteiger charge is 2.46. The second kappa shape index (κ2) is 10.5. The number of rotatable bonds is 8. The smallest absolute Gasteiger partial charge is 0.272 e. The third kappa shape index (κ3) is 5.00. The number of benzene rings is 1. The van der Waals surface area contributed by atoms with Gasteiger partial charge in [-0.15, -0.1) is 0 Å². The Hall–Kier alpha value is -3.63. The van der Waals surface area contributed by atoms with Gasteiger partial charge in [0.25, 0.3) is 11.8 Å². The molecule has 11 heteroatoms. The molecule has 36 heavy (non-hydrogen) atoms. The van der Waals surface area contributed by atoms with Crippen LogP contribution < -0.4 is 20.1 Å². The summed E-state index contributed by atoms with van der Waals surface area (Å²) in [6, 6.07) is 6.40. The molecule has 1 saturated carbocycles. The maximum absolute atomic E-state index is 13.2. The summed E-state index contributed by atoms with van der Waals surface area (Å²) in [5, 5.41) is 10.1. The van der Waals surface area contributed by atoms with Gasteiger partial charge in [0.15, 0.2) is 5.69 Å². The van der Waals surface area contributed by atoms with Crippen molar-refractivity contribution >= 4 is 17.7 Å². The van der Waals surface area contributed by atoms with E-state index in [1.165, 1.54) is 35.2 Å². The molecule has 194 valence electrons. The van der Waals surface area contributed by atoms with E-state index in [1.807, 2.05) is 0 Å². The number of methoxy groups -OCH3 is 1. The highest BCUT2D eigenvalue weighted by Crippen LogP contribution is 2.28. The Kier molecular flexibility index (Phi) is 7.46. The quantitative estimate of drug-likeness (QED) is 0.574. The van der Waals surface area contributed by atoms with Gasteiger partial charge in [-0.3, -0.25) is 19.1 Å². The van der Waals surface area contributed by atoms with Crippen LogP contribution in [0.5, 0.6) is 11.5 Å². The average Bonchev–Trinajstić information content (AvgIpc) is 3.31. The molecule has 1 aliphatic heterocycles. The largest absolute Gasteiger partial charge is 0.497 e. The monoisotopic (exact) mass is 501 g/mol. The molecule has 2 heterocycles. The normalized spacial score (nSPS) is 20.0. The maximum Gasteiger partial charge on any atom is 0.272 e. The Morgan fingerprint density at radius 3 is 2.67 bits per heavy atom. The highest BCUT2D eigenvalue weighted by atomic mass is 19.1. The van der Waals surface area contributed by atoms with Crippen LogP contribution in [0.4, 0.5) is 4.39 Å². The summed E-state index contributed by atoms with van der Waals surface area (Å²) < 4.78 is 24.3. The average molecular weight is 502 g/mol. The van der Waals surface area contributed by atoms with Crippen LogP contribution in [0.1, 0.15) is 65.6 Å². The van der Waals surface area contributed by atoms with E-state index in [0.717, 1.165) is 25.7 Å². The maximum atomic E-state index is 13.2. The number of hydrogen-bond donors (Lipinski definition) is 2. The van der Waals surface area contributed by atoms with Gasteiger partial charge in [-0.2, -0.15) is 5.10 Å². The molecule has 2 aromatic rings. The second-order valence-electron chi connectivity index (χ2n) is 9.43. The predicted octanol–water partition coefficient (Wildman–Crippen LogP) is 2.42. The minimum atomic E-state index is -1.14. The fraction of sp³-hybridized carbons (Fsp3) is 0.520. The molecule has 1 aromatic carbocycles. The zero-order chi connectivity index (χ0) is 25.9. The number of nitrogens with zero attached hydrogens (tertiary/aromatic N) is 3. The van der Waals surface area contributed by atoms with Crippen molar-refractivity contribution in [1.29, 1.82) is 0 Å². The number of carbonyl (C=O) groups is 3. The van der Waals surface area contributed by atoms with E-state index in [9.17, 15) is 18.8 Å². The van der Waals surface area contributed by atoms with E-state index in [4.69, 9.17) is 9.47 Å². The van der Waals surface area contributed by atoms with Gasteiger partial charge in [0.05, 0.1) is 13.7 Å². The number of nitrogens with one attached hydrogen (secondary N) is 2. The lowest BCUT2D eigenvalue weighted by Gasteiger charge is -2.41. The van der Waals surface area contributed by atoms with Crippen LogP contribution >= 0.6 is 0 Å². The minimum absolute atomic E-state index is 0.0464. The van der Waals surface area contributed by atoms with E-state index in [0.29, 0.717) is 11.3 Å². The standard InChI is InChI=1S/C25H32FN5O5/c1-25(24(34)28-17-7-5-4-6-8-17)14-31-20(23(33)30(25)2)12-19(29-31)22(32)27-13-16-9-10-18(35-3)11-21(16)36-15-26/h9-12,17H,4-8,13-15H2,1-3H3,(H,27,32)(H,28,34). The van der Waals surface area contributed by atoms with Crippen LogP contribution in [0.3, 0.4) is 0 Å². The highest BCUT2D eigenvalue weighted by molar-refractivity contribution is 6.01. The van der Waals surface area contributed by atoms with Crippen molar-refractivity contribution in [2.45, 2.75) is 63.7 Å². The Morgan fingerprint density at radius 2 is 1.97 bits per heavy atom. The second-order valence-corrected chi connectivity index (χ2v) is 9.43. The van der Waals surface area contributed by atoms with Crippen molar-refractivity contribution in [3.05, 3.63) is 41.2 Å². The molecule has 2 aliphatic rings. The fourth-order valence-electron chi connectivity index (χ4n) is 4.69. The van der Waals surface area contributed by atoms with Crippen molar-refractivity contribution in [3.63, 3.8) is 0 Å². The van der Waals surface area contributed by atoms with Crippen LogP contribution in [0.2, 0.25) is 0 Å². The molecular weight excluding hydrogens is 469 g/mol. The lowest BCUT2D eigenvalue weighted by Crippen LogP contribution is -2.63. The zero-order valence-electron chi connectivity index (χ0n) is 20.8. The summed E-state index contributed by atoms with van der Waals surface area (Å²) in [5.41, 5.74) is -0.307. The zero-order valence-corrected chi connectivity index (χ0v) is 20.8. The number of fused-ring (bicyclic) bond motifs is 1. The summed E-state index contributed by atoms with van der Waals surface area (Å²) in [5.74, 6) is -0.380. The van der Waals surface area contributed by atoms with E-state index in [1.54, 1.807) is 26.1 Å². The number of ether oxygens (including phenoxy) is 2. The predicted molar refractivity (Wildman–Crippen MR) is 129 cm³/mol. The van der Waals surface area contributed by atoms with Crippen LogP contribution in [0, 0.1) is 0 Å². The van der Waals surface area contributed by atoms with E-state index in [-0.39, 0.29) is 48.1 Å². The van der Waals surface area contributed by atoms with Gasteiger partial charge in [-0.05, 0) is 31.9 Å². The molecule has 2 N–H and O–H groups in total. The molecule has 0 radical (unpaired) electrons. The van der Waals surface area contributed by atoms with Gasteiger partial charge < -0.3 is 25.0 Å². The SMILES string of the molecule is COc1ccc(CNC(=O)c2cc3n(n2)CC(C)(C(=O)NC2CCCCC2)N(C)C3=O)c(OCF)c1. The van der Waals surface area contributed by atoms with Crippen LogP contribution in [-0.4, -0.2) is 65.0 Å².